The van der Waals surface area contributed by atoms with E-state index < -0.39 is 37.6 Å². The zero-order valence-corrected chi connectivity index (χ0v) is 33.0. The lowest BCUT2D eigenvalue weighted by Gasteiger charge is -2.26. The molecular weight excluding hydrogens is 760 g/mol. The van der Waals surface area contributed by atoms with Crippen LogP contribution < -0.4 is 37.9 Å². The van der Waals surface area contributed by atoms with Crippen molar-refractivity contribution in [3.8, 4) is 57.5 Å². The van der Waals surface area contributed by atoms with E-state index in [1.54, 1.807) is 24.3 Å². The minimum absolute atomic E-state index is 0.0975. The van der Waals surface area contributed by atoms with Crippen LogP contribution in [0.1, 0.15) is 59.5 Å². The van der Waals surface area contributed by atoms with Crippen molar-refractivity contribution in [1.82, 2.24) is 0 Å². The van der Waals surface area contributed by atoms with Crippen molar-refractivity contribution >= 4 is 0 Å². The number of aliphatic hydroxyl groups is 4. The number of fused-ring (bicyclic) bond motifs is 1. The van der Waals surface area contributed by atoms with Gasteiger partial charge in [-0.15, -0.1) is 0 Å². The molecule has 2 saturated heterocycles. The maximum Gasteiger partial charge on any atom is 0.204 e. The van der Waals surface area contributed by atoms with Gasteiger partial charge < -0.3 is 78.0 Å². The Balaban J connectivity index is 1.16. The number of aliphatic hydroxyl groups excluding tert-OH is 4. The van der Waals surface area contributed by atoms with E-state index in [9.17, 15) is 30.6 Å². The molecule has 2 fully saturated rings. The van der Waals surface area contributed by atoms with Gasteiger partial charge >= 0.3 is 0 Å². The average Bonchev–Trinajstić information content (AvgIpc) is 3.84. The zero-order chi connectivity index (χ0) is 41.7. The Morgan fingerprint density at radius 2 is 0.845 bits per heavy atom. The van der Waals surface area contributed by atoms with E-state index >= 15 is 0 Å². The number of benzene rings is 4. The van der Waals surface area contributed by atoms with Gasteiger partial charge in [0.25, 0.3) is 0 Å². The first-order valence-corrected chi connectivity index (χ1v) is 18.5. The molecule has 0 bridgehead atoms. The second-order valence-corrected chi connectivity index (χ2v) is 13.7. The number of aromatic hydroxyl groups is 2. The van der Waals surface area contributed by atoms with Gasteiger partial charge in [0.2, 0.25) is 11.5 Å². The highest BCUT2D eigenvalue weighted by atomic mass is 16.6. The third-order valence-electron chi connectivity index (χ3n) is 10.4. The van der Waals surface area contributed by atoms with Crippen LogP contribution in [-0.4, -0.2) is 111 Å². The fourth-order valence-electron chi connectivity index (χ4n) is 7.27. The van der Waals surface area contributed by atoms with Crippen LogP contribution in [-0.2, 0) is 9.47 Å². The summed E-state index contributed by atoms with van der Waals surface area (Å²) in [6, 6.07) is 15.7. The molecule has 2 aliphatic heterocycles. The summed E-state index contributed by atoms with van der Waals surface area (Å²) in [5.41, 5.74) is 2.20. The summed E-state index contributed by atoms with van der Waals surface area (Å²) in [5.74, 6) is 1.64. The Morgan fingerprint density at radius 3 is 1.14 bits per heavy atom. The molecule has 2 heterocycles. The van der Waals surface area contributed by atoms with Crippen LogP contribution >= 0.6 is 0 Å². The monoisotopic (exact) mass is 810 g/mol. The Labute approximate surface area is 335 Å². The number of rotatable bonds is 18. The summed E-state index contributed by atoms with van der Waals surface area (Å²) >= 11 is 0. The van der Waals surface area contributed by atoms with Crippen LogP contribution in [0.25, 0.3) is 0 Å². The van der Waals surface area contributed by atoms with Crippen molar-refractivity contribution in [2.75, 3.05) is 55.9 Å². The number of hydrogen-bond donors (Lipinski definition) is 6. The minimum atomic E-state index is -1.30. The minimum Gasteiger partial charge on any atom is -0.504 e. The van der Waals surface area contributed by atoms with Gasteiger partial charge in [-0.25, -0.2) is 0 Å². The van der Waals surface area contributed by atoms with Crippen molar-refractivity contribution in [1.29, 1.82) is 0 Å². The Hall–Kier alpha value is -5.36. The largest absolute Gasteiger partial charge is 0.504 e. The second-order valence-electron chi connectivity index (χ2n) is 13.7. The average molecular weight is 811 g/mol. The molecule has 0 radical (unpaired) electrons. The SMILES string of the molecule is COc1cc([C@H](O)[C@H](CO)Oc2c(OC)cc([C@@H]3C[C@H]4O[C@@H](c5cc(OC)c(O[C@H](CO)[C@@H](O)c6ccc(O)c(OC)c6)c(OC)c5)C[C@H]4O3)cc2OC)ccc1O. The molecule has 0 spiro atoms. The van der Waals surface area contributed by atoms with E-state index in [0.717, 1.165) is 11.1 Å². The van der Waals surface area contributed by atoms with Gasteiger partial charge in [0.15, 0.2) is 58.2 Å². The molecule has 0 unspecified atom stereocenters. The molecule has 2 aliphatic rings. The lowest BCUT2D eigenvalue weighted by molar-refractivity contribution is -0.00195. The van der Waals surface area contributed by atoms with Gasteiger partial charge in [0.05, 0.1) is 80.3 Å². The Bertz CT molecular complexity index is 1820. The first-order valence-electron chi connectivity index (χ1n) is 18.5. The lowest BCUT2D eigenvalue weighted by atomic mass is 10.0. The molecule has 16 nitrogen and oxygen atoms in total. The highest BCUT2D eigenvalue weighted by Gasteiger charge is 2.45. The Morgan fingerprint density at radius 1 is 0.517 bits per heavy atom. The van der Waals surface area contributed by atoms with Gasteiger partial charge in [0.1, 0.15) is 12.2 Å². The lowest BCUT2D eigenvalue weighted by Crippen LogP contribution is -2.29. The molecule has 314 valence electrons. The van der Waals surface area contributed by atoms with Gasteiger partial charge in [0, 0.05) is 12.8 Å². The highest BCUT2D eigenvalue weighted by Crippen LogP contribution is 2.51. The molecule has 16 heteroatoms. The number of ether oxygens (including phenoxy) is 10. The molecule has 6 N–H and O–H groups in total. The number of phenolic OH excluding ortho intramolecular Hbond substituents is 2. The summed E-state index contributed by atoms with van der Waals surface area (Å²) in [5, 5.41) is 62.6. The van der Waals surface area contributed by atoms with Crippen molar-refractivity contribution in [2.24, 2.45) is 0 Å². The highest BCUT2D eigenvalue weighted by molar-refractivity contribution is 5.56. The third-order valence-corrected chi connectivity index (χ3v) is 10.4. The van der Waals surface area contributed by atoms with Crippen LogP contribution in [0.5, 0.6) is 57.5 Å². The summed E-state index contributed by atoms with van der Waals surface area (Å²) in [6.45, 7) is -1.11. The zero-order valence-electron chi connectivity index (χ0n) is 33.0. The number of methoxy groups -OCH3 is 6. The molecule has 8 atom stereocenters. The topological polar surface area (TPSA) is 214 Å². The van der Waals surface area contributed by atoms with Crippen LogP contribution in [0.15, 0.2) is 60.7 Å². The molecule has 0 saturated carbocycles. The van der Waals surface area contributed by atoms with Crippen molar-refractivity contribution in [3.05, 3.63) is 82.9 Å². The van der Waals surface area contributed by atoms with Crippen LogP contribution in [0.4, 0.5) is 0 Å². The third kappa shape index (κ3) is 8.57. The first kappa shape index (κ1) is 42.3. The standard InChI is InChI=1S/C42H50O16/c1-49-29-11-21(7-9-25(29)45)39(47)37(19-43)57-41-33(51-3)13-23(14-34(41)52-4)27-17-31-32(55-27)18-28(56-31)24-15-35(53-5)42(36(16-24)54-6)58-38(20-44)40(48)22-8-10-26(46)30(12-22)50-2/h7-16,27-28,31-32,37-40,43-48H,17-20H2,1-6H3/t27-,28+,31-,32-,37-,38+,39+,40+/m1/s1. The van der Waals surface area contributed by atoms with Crippen LogP contribution in [0, 0.1) is 0 Å². The van der Waals surface area contributed by atoms with Gasteiger partial charge in [-0.3, -0.25) is 0 Å². The summed E-state index contributed by atoms with van der Waals surface area (Å²) < 4.78 is 58.4. The van der Waals surface area contributed by atoms with Crippen LogP contribution in [0.2, 0.25) is 0 Å². The van der Waals surface area contributed by atoms with E-state index in [1.807, 2.05) is 0 Å². The molecule has 0 amide bonds. The van der Waals surface area contributed by atoms with Gasteiger partial charge in [-0.05, 0) is 70.8 Å². The van der Waals surface area contributed by atoms with E-state index in [0.29, 0.717) is 47.0 Å². The fraction of sp³-hybridized carbons (Fsp3) is 0.429. The molecule has 58 heavy (non-hydrogen) atoms. The first-order chi connectivity index (χ1) is 28.0. The quantitative estimate of drug-likeness (QED) is 0.0819. The molecule has 0 aliphatic carbocycles. The Kier molecular flexibility index (Phi) is 13.5. The van der Waals surface area contributed by atoms with Crippen LogP contribution in [0.3, 0.4) is 0 Å². The molecule has 4 aromatic carbocycles. The molecule has 4 aromatic rings. The molecule has 0 aromatic heterocycles. The normalized spacial score (nSPS) is 20.7. The maximum absolute atomic E-state index is 11.1. The van der Waals surface area contributed by atoms with Gasteiger partial charge in [-0.2, -0.15) is 0 Å². The summed E-state index contributed by atoms with van der Waals surface area (Å²) in [4.78, 5) is 0. The maximum atomic E-state index is 11.1. The van der Waals surface area contributed by atoms with Crippen molar-refractivity contribution < 1.29 is 78.0 Å². The molecule has 6 rings (SSSR count). The number of hydrogen-bond acceptors (Lipinski definition) is 16. The van der Waals surface area contributed by atoms with Crippen molar-refractivity contribution in [3.63, 3.8) is 0 Å². The molecular formula is C42H50O16. The van der Waals surface area contributed by atoms with E-state index in [-0.39, 0.29) is 58.9 Å². The summed E-state index contributed by atoms with van der Waals surface area (Å²) in [7, 11) is 8.66. The fourth-order valence-corrected chi connectivity index (χ4v) is 7.27. The summed E-state index contributed by atoms with van der Waals surface area (Å²) in [6.07, 6.45) is -5.12. The smallest absolute Gasteiger partial charge is 0.204 e. The predicted molar refractivity (Wildman–Crippen MR) is 206 cm³/mol. The van der Waals surface area contributed by atoms with E-state index in [2.05, 4.69) is 0 Å². The van der Waals surface area contributed by atoms with Gasteiger partial charge in [-0.1, -0.05) is 12.1 Å². The number of phenols is 2. The van der Waals surface area contributed by atoms with E-state index in [1.165, 1.54) is 79.1 Å². The predicted octanol–water partition coefficient (Wildman–Crippen LogP) is 4.46. The van der Waals surface area contributed by atoms with Crippen molar-refractivity contribution in [2.45, 2.75) is 61.7 Å². The van der Waals surface area contributed by atoms with E-state index in [4.69, 9.17) is 47.4 Å². The second kappa shape index (κ2) is 18.5.